The molecule has 94 valence electrons. The Morgan fingerprint density at radius 2 is 1.61 bits per heavy atom. The van der Waals surface area contributed by atoms with E-state index in [-0.39, 0.29) is 5.69 Å². The number of hydrogen-bond acceptors (Lipinski definition) is 3. The number of pyridine rings is 1. The lowest BCUT2D eigenvalue weighted by molar-refractivity contribution is 0.496. The molecule has 1 aromatic heterocycles. The summed E-state index contributed by atoms with van der Waals surface area (Å²) < 4.78 is 39.1. The van der Waals surface area contributed by atoms with Crippen molar-refractivity contribution in [3.63, 3.8) is 0 Å². The largest absolute Gasteiger partial charge is 0.373 e. The van der Waals surface area contributed by atoms with Gasteiger partial charge >= 0.3 is 0 Å². The first kappa shape index (κ1) is 12.2. The van der Waals surface area contributed by atoms with Crippen molar-refractivity contribution in [3.05, 3.63) is 47.8 Å². The SMILES string of the molecule is CNc1cccc(Nc2cc(F)c(F)cc2F)n1. The predicted molar refractivity (Wildman–Crippen MR) is 63.4 cm³/mol. The third-order valence-corrected chi connectivity index (χ3v) is 2.28. The number of hydrogen-bond donors (Lipinski definition) is 2. The van der Waals surface area contributed by atoms with E-state index < -0.39 is 17.5 Å². The quantitative estimate of drug-likeness (QED) is 0.824. The van der Waals surface area contributed by atoms with Crippen molar-refractivity contribution in [2.24, 2.45) is 0 Å². The highest BCUT2D eigenvalue weighted by Crippen LogP contribution is 2.22. The van der Waals surface area contributed by atoms with Crippen molar-refractivity contribution >= 4 is 17.3 Å². The second-order valence-corrected chi connectivity index (χ2v) is 3.53. The molecular weight excluding hydrogens is 243 g/mol. The van der Waals surface area contributed by atoms with Crippen molar-refractivity contribution in [3.8, 4) is 0 Å². The van der Waals surface area contributed by atoms with E-state index in [0.717, 1.165) is 6.07 Å². The Hall–Kier alpha value is -2.24. The van der Waals surface area contributed by atoms with Gasteiger partial charge in [0.25, 0.3) is 0 Å². The number of nitrogens with zero attached hydrogens (tertiary/aromatic N) is 1. The molecule has 0 spiro atoms. The summed E-state index contributed by atoms with van der Waals surface area (Å²) >= 11 is 0. The fraction of sp³-hybridized carbons (Fsp3) is 0.0833. The van der Waals surface area contributed by atoms with Crippen molar-refractivity contribution in [1.82, 2.24) is 4.98 Å². The summed E-state index contributed by atoms with van der Waals surface area (Å²) in [6.45, 7) is 0. The number of nitrogens with one attached hydrogen (secondary N) is 2. The zero-order chi connectivity index (χ0) is 13.1. The van der Waals surface area contributed by atoms with Gasteiger partial charge in [-0.05, 0) is 12.1 Å². The number of rotatable bonds is 3. The number of anilines is 3. The highest BCUT2D eigenvalue weighted by molar-refractivity contribution is 5.58. The lowest BCUT2D eigenvalue weighted by Gasteiger charge is -2.08. The molecule has 1 aromatic carbocycles. The molecule has 6 heteroatoms. The number of halogens is 3. The third-order valence-electron chi connectivity index (χ3n) is 2.28. The Labute approximate surface area is 102 Å². The maximum atomic E-state index is 13.4. The normalized spacial score (nSPS) is 10.2. The molecule has 2 N–H and O–H groups in total. The molecule has 2 rings (SSSR count). The smallest absolute Gasteiger partial charge is 0.161 e. The van der Waals surface area contributed by atoms with Crippen molar-refractivity contribution in [1.29, 1.82) is 0 Å². The average Bonchev–Trinajstić information content (AvgIpc) is 2.36. The zero-order valence-corrected chi connectivity index (χ0v) is 9.47. The fourth-order valence-corrected chi connectivity index (χ4v) is 1.40. The molecule has 0 atom stereocenters. The van der Waals surface area contributed by atoms with E-state index in [0.29, 0.717) is 17.7 Å². The molecule has 1 heterocycles. The van der Waals surface area contributed by atoms with Crippen LogP contribution in [0.25, 0.3) is 0 Å². The van der Waals surface area contributed by atoms with Gasteiger partial charge in [-0.3, -0.25) is 0 Å². The molecule has 0 unspecified atom stereocenters. The summed E-state index contributed by atoms with van der Waals surface area (Å²) in [6.07, 6.45) is 0. The van der Waals surface area contributed by atoms with Crippen LogP contribution < -0.4 is 10.6 Å². The number of aromatic nitrogens is 1. The van der Waals surface area contributed by atoms with Gasteiger partial charge in [0.1, 0.15) is 17.5 Å². The van der Waals surface area contributed by atoms with Crippen LogP contribution in [0.5, 0.6) is 0 Å². The number of benzene rings is 1. The van der Waals surface area contributed by atoms with Crippen molar-refractivity contribution in [2.75, 3.05) is 17.7 Å². The molecule has 0 aliphatic carbocycles. The molecule has 2 aromatic rings. The zero-order valence-electron chi connectivity index (χ0n) is 9.47. The first-order valence-corrected chi connectivity index (χ1v) is 5.16. The van der Waals surface area contributed by atoms with Crippen molar-refractivity contribution < 1.29 is 13.2 Å². The molecule has 0 fully saturated rings. The molecule has 0 aliphatic rings. The topological polar surface area (TPSA) is 37.0 Å². The maximum Gasteiger partial charge on any atom is 0.161 e. The van der Waals surface area contributed by atoms with E-state index in [4.69, 9.17) is 0 Å². The standard InChI is InChI=1S/C12H10F3N3/c1-16-11-3-2-4-12(18-11)17-10-6-8(14)7(13)5-9(10)15/h2-6H,1H3,(H2,16,17,18). The van der Waals surface area contributed by atoms with Crippen LogP contribution in [0.3, 0.4) is 0 Å². The molecule has 0 bridgehead atoms. The fourth-order valence-electron chi connectivity index (χ4n) is 1.40. The highest BCUT2D eigenvalue weighted by Gasteiger charge is 2.10. The van der Waals surface area contributed by atoms with Gasteiger partial charge in [-0.25, -0.2) is 18.2 Å². The summed E-state index contributed by atoms with van der Waals surface area (Å²) in [5.41, 5.74) is -0.172. The summed E-state index contributed by atoms with van der Waals surface area (Å²) in [7, 11) is 1.68. The maximum absolute atomic E-state index is 13.4. The lowest BCUT2D eigenvalue weighted by Crippen LogP contribution is -2.00. The monoisotopic (exact) mass is 253 g/mol. The molecule has 18 heavy (non-hydrogen) atoms. The minimum Gasteiger partial charge on any atom is -0.373 e. The summed E-state index contributed by atoms with van der Waals surface area (Å²) in [5, 5.41) is 5.39. The van der Waals surface area contributed by atoms with Crippen LogP contribution in [-0.4, -0.2) is 12.0 Å². The molecule has 0 radical (unpaired) electrons. The predicted octanol–water partition coefficient (Wildman–Crippen LogP) is 3.28. The lowest BCUT2D eigenvalue weighted by atomic mass is 10.2. The molecule has 0 saturated carbocycles. The van der Waals surface area contributed by atoms with Gasteiger partial charge < -0.3 is 10.6 Å². The second-order valence-electron chi connectivity index (χ2n) is 3.53. The van der Waals surface area contributed by atoms with Gasteiger partial charge in [0.05, 0.1) is 5.69 Å². The molecule has 0 saturated heterocycles. The Morgan fingerprint density at radius 1 is 0.944 bits per heavy atom. The molecule has 0 aliphatic heterocycles. The van der Waals surface area contributed by atoms with E-state index in [1.54, 1.807) is 25.2 Å². The summed E-state index contributed by atoms with van der Waals surface area (Å²) in [4.78, 5) is 4.07. The van der Waals surface area contributed by atoms with Gasteiger partial charge in [-0.1, -0.05) is 6.07 Å². The van der Waals surface area contributed by atoms with Gasteiger partial charge in [-0.2, -0.15) is 0 Å². The minimum absolute atomic E-state index is 0.172. The van der Waals surface area contributed by atoms with Crippen LogP contribution in [-0.2, 0) is 0 Å². The highest BCUT2D eigenvalue weighted by atomic mass is 19.2. The Bertz CT molecular complexity index is 572. The Kier molecular flexibility index (Phi) is 3.36. The van der Waals surface area contributed by atoms with E-state index in [9.17, 15) is 13.2 Å². The second kappa shape index (κ2) is 4.95. The van der Waals surface area contributed by atoms with Crippen LogP contribution in [0.4, 0.5) is 30.5 Å². The first-order valence-electron chi connectivity index (χ1n) is 5.16. The molecule has 3 nitrogen and oxygen atoms in total. The van der Waals surface area contributed by atoms with Gasteiger partial charge in [0, 0.05) is 19.2 Å². The Balaban J connectivity index is 2.30. The van der Waals surface area contributed by atoms with Gasteiger partial charge in [0.2, 0.25) is 0 Å². The van der Waals surface area contributed by atoms with Crippen LogP contribution in [0.1, 0.15) is 0 Å². The van der Waals surface area contributed by atoms with Crippen LogP contribution in [0, 0.1) is 17.5 Å². The van der Waals surface area contributed by atoms with E-state index >= 15 is 0 Å². The third kappa shape index (κ3) is 2.53. The van der Waals surface area contributed by atoms with Crippen LogP contribution >= 0.6 is 0 Å². The molecular formula is C12H10F3N3. The Morgan fingerprint density at radius 3 is 2.33 bits per heavy atom. The van der Waals surface area contributed by atoms with Gasteiger partial charge in [0.15, 0.2) is 11.6 Å². The van der Waals surface area contributed by atoms with Crippen LogP contribution in [0.2, 0.25) is 0 Å². The van der Waals surface area contributed by atoms with E-state index in [1.807, 2.05) is 0 Å². The summed E-state index contributed by atoms with van der Waals surface area (Å²) in [5.74, 6) is -2.33. The first-order chi connectivity index (χ1) is 8.60. The van der Waals surface area contributed by atoms with Gasteiger partial charge in [-0.15, -0.1) is 0 Å². The van der Waals surface area contributed by atoms with Crippen LogP contribution in [0.15, 0.2) is 30.3 Å². The van der Waals surface area contributed by atoms with Crippen molar-refractivity contribution in [2.45, 2.75) is 0 Å². The summed E-state index contributed by atoms with van der Waals surface area (Å²) in [6, 6.07) is 6.23. The van der Waals surface area contributed by atoms with E-state index in [1.165, 1.54) is 0 Å². The average molecular weight is 253 g/mol. The minimum atomic E-state index is -1.23. The molecule has 0 amide bonds. The van der Waals surface area contributed by atoms with E-state index in [2.05, 4.69) is 15.6 Å².